The molecule has 0 aromatic carbocycles. The first-order chi connectivity index (χ1) is 7.08. The van der Waals surface area contributed by atoms with Crippen LogP contribution in [0, 0.1) is 12.8 Å². The van der Waals surface area contributed by atoms with Crippen molar-refractivity contribution in [1.29, 1.82) is 0 Å². The van der Waals surface area contributed by atoms with Crippen molar-refractivity contribution in [3.8, 4) is 0 Å². The van der Waals surface area contributed by atoms with Gasteiger partial charge in [-0.05, 0) is 38.2 Å². The van der Waals surface area contributed by atoms with Crippen LogP contribution in [0.15, 0.2) is 12.4 Å². The molecule has 1 aliphatic rings. The van der Waals surface area contributed by atoms with Crippen LogP contribution >= 0.6 is 0 Å². The fraction of sp³-hybridized carbons (Fsp3) is 0.636. The summed E-state index contributed by atoms with van der Waals surface area (Å²) in [6.45, 7) is 4.33. The Morgan fingerprint density at radius 3 is 2.60 bits per heavy atom. The monoisotopic (exact) mass is 207 g/mol. The highest BCUT2D eigenvalue weighted by molar-refractivity contribution is 5.25. The van der Waals surface area contributed by atoms with Gasteiger partial charge < -0.3 is 10.4 Å². The molecule has 15 heavy (non-hydrogen) atoms. The van der Waals surface area contributed by atoms with E-state index in [1.165, 1.54) is 0 Å². The van der Waals surface area contributed by atoms with Crippen molar-refractivity contribution in [2.24, 2.45) is 5.92 Å². The van der Waals surface area contributed by atoms with Crippen molar-refractivity contribution >= 4 is 5.95 Å². The van der Waals surface area contributed by atoms with Crippen molar-refractivity contribution in [3.05, 3.63) is 18.0 Å². The zero-order chi connectivity index (χ0) is 10.9. The zero-order valence-electron chi connectivity index (χ0n) is 9.20. The standard InChI is InChI=1S/C11H17N3O/c1-8-5-12-10(13-6-8)14-7-11(2,15)9-3-4-9/h5-6,9,15H,3-4,7H2,1-2H3,(H,12,13,14). The Labute approximate surface area is 89.8 Å². The van der Waals surface area contributed by atoms with Crippen molar-refractivity contribution in [2.75, 3.05) is 11.9 Å². The molecule has 82 valence electrons. The average molecular weight is 207 g/mol. The van der Waals surface area contributed by atoms with Gasteiger partial charge in [0.25, 0.3) is 0 Å². The molecule has 1 aliphatic carbocycles. The van der Waals surface area contributed by atoms with E-state index in [9.17, 15) is 5.11 Å². The van der Waals surface area contributed by atoms with Crippen LogP contribution in [0.25, 0.3) is 0 Å². The van der Waals surface area contributed by atoms with Gasteiger partial charge in [-0.25, -0.2) is 9.97 Å². The number of nitrogens with one attached hydrogen (secondary N) is 1. The van der Waals surface area contributed by atoms with Gasteiger partial charge in [-0.15, -0.1) is 0 Å². The molecule has 4 heteroatoms. The molecule has 1 saturated carbocycles. The van der Waals surface area contributed by atoms with E-state index in [4.69, 9.17) is 0 Å². The quantitative estimate of drug-likeness (QED) is 0.782. The lowest BCUT2D eigenvalue weighted by Crippen LogP contribution is -2.36. The highest BCUT2D eigenvalue weighted by Crippen LogP contribution is 2.39. The molecule has 2 rings (SSSR count). The number of anilines is 1. The molecule has 2 N–H and O–H groups in total. The van der Waals surface area contributed by atoms with Gasteiger partial charge in [-0.3, -0.25) is 0 Å². The first-order valence-electron chi connectivity index (χ1n) is 5.33. The molecule has 0 aliphatic heterocycles. The number of hydrogen-bond donors (Lipinski definition) is 2. The van der Waals surface area contributed by atoms with Crippen LogP contribution in [0.3, 0.4) is 0 Å². The summed E-state index contributed by atoms with van der Waals surface area (Å²) in [6.07, 6.45) is 5.79. The number of rotatable bonds is 4. The van der Waals surface area contributed by atoms with Gasteiger partial charge in [0, 0.05) is 18.9 Å². The van der Waals surface area contributed by atoms with Crippen LogP contribution in [-0.4, -0.2) is 27.2 Å². The molecule has 1 atom stereocenters. The third-order valence-corrected chi connectivity index (χ3v) is 2.84. The molecule has 0 bridgehead atoms. The van der Waals surface area contributed by atoms with Gasteiger partial charge in [0.1, 0.15) is 0 Å². The molecule has 1 aromatic rings. The summed E-state index contributed by atoms with van der Waals surface area (Å²) in [5, 5.41) is 13.1. The number of nitrogens with zero attached hydrogens (tertiary/aromatic N) is 2. The van der Waals surface area contributed by atoms with E-state index in [0.29, 0.717) is 18.4 Å². The molecule has 1 fully saturated rings. The minimum atomic E-state index is -0.631. The Hall–Kier alpha value is -1.16. The van der Waals surface area contributed by atoms with Crippen molar-refractivity contribution in [3.63, 3.8) is 0 Å². The normalized spacial score (nSPS) is 19.7. The minimum Gasteiger partial charge on any atom is -0.388 e. The maximum Gasteiger partial charge on any atom is 0.222 e. The lowest BCUT2D eigenvalue weighted by atomic mass is 10.0. The van der Waals surface area contributed by atoms with Crippen molar-refractivity contribution in [1.82, 2.24) is 9.97 Å². The van der Waals surface area contributed by atoms with Crippen molar-refractivity contribution < 1.29 is 5.11 Å². The predicted molar refractivity (Wildman–Crippen MR) is 58.6 cm³/mol. The lowest BCUT2D eigenvalue weighted by Gasteiger charge is -2.23. The van der Waals surface area contributed by atoms with Gasteiger partial charge >= 0.3 is 0 Å². The third kappa shape index (κ3) is 2.65. The number of hydrogen-bond acceptors (Lipinski definition) is 4. The molecular formula is C11H17N3O. The van der Waals surface area contributed by atoms with Gasteiger partial charge in [0.05, 0.1) is 5.60 Å². The van der Waals surface area contributed by atoms with Gasteiger partial charge in [0.2, 0.25) is 5.95 Å². The Morgan fingerprint density at radius 2 is 2.07 bits per heavy atom. The van der Waals surface area contributed by atoms with E-state index in [-0.39, 0.29) is 0 Å². The summed E-state index contributed by atoms with van der Waals surface area (Å²) in [5.41, 5.74) is 0.406. The largest absolute Gasteiger partial charge is 0.388 e. The fourth-order valence-electron chi connectivity index (χ4n) is 1.59. The van der Waals surface area contributed by atoms with Crippen LogP contribution in [0.5, 0.6) is 0 Å². The van der Waals surface area contributed by atoms with Crippen LogP contribution in [-0.2, 0) is 0 Å². The van der Waals surface area contributed by atoms with Gasteiger partial charge in [0.15, 0.2) is 0 Å². The summed E-state index contributed by atoms with van der Waals surface area (Å²) >= 11 is 0. The number of aryl methyl sites for hydroxylation is 1. The Kier molecular flexibility index (Phi) is 2.61. The fourth-order valence-corrected chi connectivity index (χ4v) is 1.59. The van der Waals surface area contributed by atoms with Crippen LogP contribution in [0.1, 0.15) is 25.3 Å². The van der Waals surface area contributed by atoms with E-state index < -0.39 is 5.60 Å². The molecule has 0 saturated heterocycles. The first-order valence-corrected chi connectivity index (χ1v) is 5.33. The zero-order valence-corrected chi connectivity index (χ0v) is 9.20. The summed E-state index contributed by atoms with van der Waals surface area (Å²) in [7, 11) is 0. The third-order valence-electron chi connectivity index (χ3n) is 2.84. The van der Waals surface area contributed by atoms with E-state index >= 15 is 0 Å². The number of aromatic nitrogens is 2. The van der Waals surface area contributed by atoms with E-state index in [1.807, 2.05) is 13.8 Å². The molecule has 1 aromatic heterocycles. The topological polar surface area (TPSA) is 58.0 Å². The smallest absolute Gasteiger partial charge is 0.222 e. The SMILES string of the molecule is Cc1cnc(NCC(C)(O)C2CC2)nc1. The maximum atomic E-state index is 10.1. The lowest BCUT2D eigenvalue weighted by molar-refractivity contribution is 0.0501. The van der Waals surface area contributed by atoms with Gasteiger partial charge in [-0.1, -0.05) is 0 Å². The Morgan fingerprint density at radius 1 is 1.47 bits per heavy atom. The summed E-state index contributed by atoms with van der Waals surface area (Å²) < 4.78 is 0. The second-order valence-corrected chi connectivity index (χ2v) is 4.57. The highest BCUT2D eigenvalue weighted by Gasteiger charge is 2.39. The molecule has 4 nitrogen and oxygen atoms in total. The van der Waals surface area contributed by atoms with Crippen molar-refractivity contribution in [2.45, 2.75) is 32.3 Å². The predicted octanol–water partition coefficient (Wildman–Crippen LogP) is 1.36. The summed E-state index contributed by atoms with van der Waals surface area (Å²) in [5.74, 6) is 1.02. The van der Waals surface area contributed by atoms with E-state index in [0.717, 1.165) is 18.4 Å². The van der Waals surface area contributed by atoms with Gasteiger partial charge in [-0.2, -0.15) is 0 Å². The molecule has 1 heterocycles. The van der Waals surface area contributed by atoms with E-state index in [2.05, 4.69) is 15.3 Å². The first kappa shape index (κ1) is 10.4. The van der Waals surface area contributed by atoms with Crippen LogP contribution < -0.4 is 5.32 Å². The Balaban J connectivity index is 1.89. The maximum absolute atomic E-state index is 10.1. The van der Waals surface area contributed by atoms with Crippen LogP contribution in [0.2, 0.25) is 0 Å². The highest BCUT2D eigenvalue weighted by atomic mass is 16.3. The molecule has 0 amide bonds. The summed E-state index contributed by atoms with van der Waals surface area (Å²) in [4.78, 5) is 8.26. The minimum absolute atomic E-state index is 0.440. The Bertz CT molecular complexity index is 330. The van der Waals surface area contributed by atoms with Crippen LogP contribution in [0.4, 0.5) is 5.95 Å². The molecule has 1 unspecified atom stereocenters. The molecular weight excluding hydrogens is 190 g/mol. The summed E-state index contributed by atoms with van der Waals surface area (Å²) in [6, 6.07) is 0. The average Bonchev–Trinajstić information content (AvgIpc) is 3.00. The number of aliphatic hydroxyl groups is 1. The second-order valence-electron chi connectivity index (χ2n) is 4.57. The van der Waals surface area contributed by atoms with E-state index in [1.54, 1.807) is 12.4 Å². The second kappa shape index (κ2) is 3.77. The molecule has 0 radical (unpaired) electrons. The molecule has 0 spiro atoms.